The fourth-order valence-electron chi connectivity index (χ4n) is 1.25. The SMILES string of the molecule is COCC(C)(N)c1cncc(C)c1. The monoisotopic (exact) mass is 180 g/mol. The summed E-state index contributed by atoms with van der Waals surface area (Å²) in [6, 6.07) is 2.03. The number of aryl methyl sites for hydroxylation is 1. The Labute approximate surface area is 78.9 Å². The third-order valence-electron chi connectivity index (χ3n) is 1.98. The Morgan fingerprint density at radius 1 is 1.54 bits per heavy atom. The molecule has 1 aromatic heterocycles. The quantitative estimate of drug-likeness (QED) is 0.760. The molecular weight excluding hydrogens is 164 g/mol. The lowest BCUT2D eigenvalue weighted by atomic mass is 9.95. The zero-order valence-corrected chi connectivity index (χ0v) is 8.37. The molecule has 0 spiro atoms. The van der Waals surface area contributed by atoms with Crippen LogP contribution in [0.15, 0.2) is 18.5 Å². The Kier molecular flexibility index (Phi) is 3.01. The molecule has 0 aliphatic carbocycles. The van der Waals surface area contributed by atoms with Gasteiger partial charge in [-0.2, -0.15) is 0 Å². The van der Waals surface area contributed by atoms with Crippen LogP contribution in [0, 0.1) is 6.92 Å². The van der Waals surface area contributed by atoms with Crippen molar-refractivity contribution in [3.63, 3.8) is 0 Å². The smallest absolute Gasteiger partial charge is 0.0682 e. The van der Waals surface area contributed by atoms with Gasteiger partial charge in [-0.1, -0.05) is 6.07 Å². The second-order valence-electron chi connectivity index (χ2n) is 3.60. The summed E-state index contributed by atoms with van der Waals surface area (Å²) >= 11 is 0. The molecule has 1 unspecified atom stereocenters. The number of rotatable bonds is 3. The molecule has 1 rings (SSSR count). The minimum absolute atomic E-state index is 0.451. The van der Waals surface area contributed by atoms with Crippen molar-refractivity contribution in [3.05, 3.63) is 29.6 Å². The number of methoxy groups -OCH3 is 1. The third-order valence-corrected chi connectivity index (χ3v) is 1.98. The molecule has 0 radical (unpaired) electrons. The van der Waals surface area contributed by atoms with Crippen LogP contribution in [0.25, 0.3) is 0 Å². The van der Waals surface area contributed by atoms with Gasteiger partial charge in [0, 0.05) is 19.5 Å². The van der Waals surface area contributed by atoms with Gasteiger partial charge >= 0.3 is 0 Å². The first kappa shape index (κ1) is 10.2. The maximum atomic E-state index is 6.05. The van der Waals surface area contributed by atoms with E-state index < -0.39 is 5.54 Å². The van der Waals surface area contributed by atoms with E-state index in [4.69, 9.17) is 10.5 Å². The molecule has 3 heteroatoms. The van der Waals surface area contributed by atoms with Crippen LogP contribution >= 0.6 is 0 Å². The number of ether oxygens (including phenoxy) is 1. The zero-order valence-electron chi connectivity index (χ0n) is 8.37. The van der Waals surface area contributed by atoms with E-state index in [2.05, 4.69) is 4.98 Å². The first-order valence-electron chi connectivity index (χ1n) is 4.26. The number of nitrogens with two attached hydrogens (primary N) is 1. The molecule has 0 fully saturated rings. The van der Waals surface area contributed by atoms with E-state index in [9.17, 15) is 0 Å². The number of pyridine rings is 1. The van der Waals surface area contributed by atoms with Gasteiger partial charge in [0.15, 0.2) is 0 Å². The molecule has 0 aliphatic rings. The summed E-state index contributed by atoms with van der Waals surface area (Å²) in [7, 11) is 1.65. The van der Waals surface area contributed by atoms with E-state index in [1.54, 1.807) is 13.3 Å². The van der Waals surface area contributed by atoms with E-state index in [1.807, 2.05) is 26.1 Å². The molecule has 13 heavy (non-hydrogen) atoms. The van der Waals surface area contributed by atoms with E-state index in [0.717, 1.165) is 11.1 Å². The summed E-state index contributed by atoms with van der Waals surface area (Å²) in [5.41, 5.74) is 7.73. The van der Waals surface area contributed by atoms with Crippen LogP contribution in [0.3, 0.4) is 0 Å². The molecular formula is C10H16N2O. The average molecular weight is 180 g/mol. The molecule has 0 bridgehead atoms. The van der Waals surface area contributed by atoms with Crippen LogP contribution in [0.5, 0.6) is 0 Å². The molecule has 1 heterocycles. The van der Waals surface area contributed by atoms with Crippen LogP contribution < -0.4 is 5.73 Å². The van der Waals surface area contributed by atoms with E-state index in [0.29, 0.717) is 6.61 Å². The first-order valence-corrected chi connectivity index (χ1v) is 4.26. The molecule has 1 aromatic rings. The Morgan fingerprint density at radius 3 is 2.77 bits per heavy atom. The summed E-state index contributed by atoms with van der Waals surface area (Å²) in [4.78, 5) is 4.10. The van der Waals surface area contributed by atoms with Crippen molar-refractivity contribution in [3.8, 4) is 0 Å². The fraction of sp³-hybridized carbons (Fsp3) is 0.500. The minimum atomic E-state index is -0.451. The van der Waals surface area contributed by atoms with Gasteiger partial charge in [0.05, 0.1) is 12.1 Å². The largest absolute Gasteiger partial charge is 0.382 e. The highest BCUT2D eigenvalue weighted by Crippen LogP contribution is 2.17. The Hall–Kier alpha value is -0.930. The van der Waals surface area contributed by atoms with E-state index in [-0.39, 0.29) is 0 Å². The highest BCUT2D eigenvalue weighted by molar-refractivity contribution is 5.23. The van der Waals surface area contributed by atoms with Gasteiger partial charge in [0.1, 0.15) is 0 Å². The fourth-order valence-corrected chi connectivity index (χ4v) is 1.25. The molecule has 0 saturated heterocycles. The minimum Gasteiger partial charge on any atom is -0.382 e. The lowest BCUT2D eigenvalue weighted by molar-refractivity contribution is 0.141. The van der Waals surface area contributed by atoms with Crippen LogP contribution in [0.4, 0.5) is 0 Å². The standard InChI is InChI=1S/C10H16N2O/c1-8-4-9(6-12-5-8)10(2,11)7-13-3/h4-6H,7,11H2,1-3H3. The average Bonchev–Trinajstić information content (AvgIpc) is 2.04. The van der Waals surface area contributed by atoms with Crippen molar-refractivity contribution in [1.82, 2.24) is 4.98 Å². The van der Waals surface area contributed by atoms with E-state index >= 15 is 0 Å². The second kappa shape index (κ2) is 3.85. The number of nitrogens with zero attached hydrogens (tertiary/aromatic N) is 1. The summed E-state index contributed by atoms with van der Waals surface area (Å²) in [6.07, 6.45) is 3.60. The normalized spacial score (nSPS) is 15.4. The van der Waals surface area contributed by atoms with Crippen molar-refractivity contribution in [1.29, 1.82) is 0 Å². The van der Waals surface area contributed by atoms with Crippen molar-refractivity contribution in [2.45, 2.75) is 19.4 Å². The molecule has 1 atom stereocenters. The summed E-state index contributed by atoms with van der Waals surface area (Å²) in [5, 5.41) is 0. The topological polar surface area (TPSA) is 48.1 Å². The molecule has 3 nitrogen and oxygen atoms in total. The second-order valence-corrected chi connectivity index (χ2v) is 3.60. The van der Waals surface area contributed by atoms with Crippen LogP contribution in [0.2, 0.25) is 0 Å². The lowest BCUT2D eigenvalue weighted by Gasteiger charge is -2.23. The maximum Gasteiger partial charge on any atom is 0.0682 e. The van der Waals surface area contributed by atoms with Crippen LogP contribution in [0.1, 0.15) is 18.1 Å². The van der Waals surface area contributed by atoms with Crippen LogP contribution in [-0.4, -0.2) is 18.7 Å². The van der Waals surface area contributed by atoms with Gasteiger partial charge in [0.25, 0.3) is 0 Å². The van der Waals surface area contributed by atoms with Crippen molar-refractivity contribution >= 4 is 0 Å². The van der Waals surface area contributed by atoms with E-state index in [1.165, 1.54) is 0 Å². The van der Waals surface area contributed by atoms with Gasteiger partial charge in [-0.25, -0.2) is 0 Å². The van der Waals surface area contributed by atoms with Crippen LogP contribution in [-0.2, 0) is 10.3 Å². The number of aromatic nitrogens is 1. The maximum absolute atomic E-state index is 6.05. The van der Waals surface area contributed by atoms with Gasteiger partial charge in [-0.15, -0.1) is 0 Å². The molecule has 0 aromatic carbocycles. The molecule has 0 aliphatic heterocycles. The molecule has 72 valence electrons. The number of hydrogen-bond acceptors (Lipinski definition) is 3. The van der Waals surface area contributed by atoms with Gasteiger partial charge in [-0.05, 0) is 25.0 Å². The van der Waals surface area contributed by atoms with Crippen molar-refractivity contribution < 1.29 is 4.74 Å². The van der Waals surface area contributed by atoms with Gasteiger partial charge in [0.2, 0.25) is 0 Å². The Balaban J connectivity index is 2.93. The summed E-state index contributed by atoms with van der Waals surface area (Å²) in [6.45, 7) is 4.43. The van der Waals surface area contributed by atoms with Gasteiger partial charge < -0.3 is 10.5 Å². The highest BCUT2D eigenvalue weighted by atomic mass is 16.5. The zero-order chi connectivity index (χ0) is 9.90. The Bertz CT molecular complexity index is 284. The predicted octanol–water partition coefficient (Wildman–Crippen LogP) is 1.21. The molecule has 0 amide bonds. The third kappa shape index (κ3) is 2.50. The predicted molar refractivity (Wildman–Crippen MR) is 52.4 cm³/mol. The first-order chi connectivity index (χ1) is 6.06. The lowest BCUT2D eigenvalue weighted by Crippen LogP contribution is -2.37. The highest BCUT2D eigenvalue weighted by Gasteiger charge is 2.21. The van der Waals surface area contributed by atoms with Gasteiger partial charge in [-0.3, -0.25) is 4.98 Å². The Morgan fingerprint density at radius 2 is 2.23 bits per heavy atom. The molecule has 0 saturated carbocycles. The number of hydrogen-bond donors (Lipinski definition) is 1. The van der Waals surface area contributed by atoms with Crippen molar-refractivity contribution in [2.24, 2.45) is 5.73 Å². The summed E-state index contributed by atoms with van der Waals surface area (Å²) in [5.74, 6) is 0. The summed E-state index contributed by atoms with van der Waals surface area (Å²) < 4.78 is 5.05. The molecule has 2 N–H and O–H groups in total. The van der Waals surface area contributed by atoms with Crippen molar-refractivity contribution in [2.75, 3.05) is 13.7 Å².